The van der Waals surface area contributed by atoms with Gasteiger partial charge in [-0.25, -0.2) is 13.2 Å². The summed E-state index contributed by atoms with van der Waals surface area (Å²) < 4.78 is 25.2. The minimum absolute atomic E-state index is 0.297. The van der Waals surface area contributed by atoms with Gasteiger partial charge in [-0.15, -0.1) is 0 Å². The highest BCUT2D eigenvalue weighted by Crippen LogP contribution is 2.30. The van der Waals surface area contributed by atoms with Gasteiger partial charge in [-0.1, -0.05) is 30.3 Å². The standard InChI is InChI=1S/C19H20N2O5S/c1-27(25,26)21-11-5-8-14-12-15(9-10-16(14)21)18(22)20-17(19(23)24)13-6-3-2-4-7-13/h2-4,6-7,9-10,12,17H,5,8,11H2,1H3,(H,20,22)(H,23,24)/t17-/m0/s1. The first kappa shape index (κ1) is 18.9. The number of aryl methyl sites for hydroxylation is 1. The molecule has 0 aliphatic carbocycles. The van der Waals surface area contributed by atoms with E-state index in [1.54, 1.807) is 42.5 Å². The molecule has 0 unspecified atom stereocenters. The van der Waals surface area contributed by atoms with Crippen LogP contribution < -0.4 is 9.62 Å². The predicted molar refractivity (Wildman–Crippen MR) is 101 cm³/mol. The number of nitrogens with zero attached hydrogens (tertiary/aromatic N) is 1. The van der Waals surface area contributed by atoms with Gasteiger partial charge in [0.25, 0.3) is 5.91 Å². The lowest BCUT2D eigenvalue weighted by Gasteiger charge is -2.29. The van der Waals surface area contributed by atoms with Crippen molar-refractivity contribution >= 4 is 27.6 Å². The summed E-state index contributed by atoms with van der Waals surface area (Å²) in [6, 6.07) is 12.0. The van der Waals surface area contributed by atoms with E-state index in [1.165, 1.54) is 10.4 Å². The summed E-state index contributed by atoms with van der Waals surface area (Å²) in [7, 11) is -3.38. The Morgan fingerprint density at radius 1 is 1.15 bits per heavy atom. The fourth-order valence-corrected chi connectivity index (χ4v) is 4.19. The topological polar surface area (TPSA) is 104 Å². The molecule has 0 radical (unpaired) electrons. The van der Waals surface area contributed by atoms with Crippen LogP contribution in [0.5, 0.6) is 0 Å². The quantitative estimate of drug-likeness (QED) is 0.815. The lowest BCUT2D eigenvalue weighted by atomic mass is 10.00. The molecule has 0 saturated carbocycles. The van der Waals surface area contributed by atoms with E-state index in [9.17, 15) is 23.1 Å². The first-order valence-corrected chi connectivity index (χ1v) is 10.3. The Morgan fingerprint density at radius 2 is 1.85 bits per heavy atom. The maximum atomic E-state index is 12.6. The van der Waals surface area contributed by atoms with Gasteiger partial charge < -0.3 is 10.4 Å². The summed E-state index contributed by atoms with van der Waals surface area (Å²) >= 11 is 0. The average Bonchev–Trinajstić information content (AvgIpc) is 2.64. The van der Waals surface area contributed by atoms with Crippen molar-refractivity contribution in [2.45, 2.75) is 18.9 Å². The summed E-state index contributed by atoms with van der Waals surface area (Å²) in [5.74, 6) is -1.68. The number of anilines is 1. The highest BCUT2D eigenvalue weighted by atomic mass is 32.2. The molecule has 1 aliphatic heterocycles. The van der Waals surface area contributed by atoms with Gasteiger partial charge in [0.15, 0.2) is 6.04 Å². The van der Waals surface area contributed by atoms with E-state index in [0.717, 1.165) is 11.8 Å². The smallest absolute Gasteiger partial charge is 0.330 e. The van der Waals surface area contributed by atoms with Gasteiger partial charge in [-0.2, -0.15) is 0 Å². The van der Waals surface area contributed by atoms with E-state index in [0.29, 0.717) is 36.2 Å². The molecule has 27 heavy (non-hydrogen) atoms. The van der Waals surface area contributed by atoms with Crippen molar-refractivity contribution in [2.24, 2.45) is 0 Å². The van der Waals surface area contributed by atoms with Crippen molar-refractivity contribution in [3.05, 3.63) is 65.2 Å². The van der Waals surface area contributed by atoms with Crippen LogP contribution in [-0.4, -0.2) is 38.2 Å². The largest absolute Gasteiger partial charge is 0.479 e. The lowest BCUT2D eigenvalue weighted by Crippen LogP contribution is -2.35. The molecule has 1 heterocycles. The van der Waals surface area contributed by atoms with Crippen molar-refractivity contribution < 1.29 is 23.1 Å². The number of carboxylic acid groups (broad SMARTS) is 1. The number of carbonyl (C=O) groups excluding carboxylic acids is 1. The van der Waals surface area contributed by atoms with Gasteiger partial charge in [0.1, 0.15) is 0 Å². The second kappa shape index (κ2) is 7.40. The van der Waals surface area contributed by atoms with Crippen LogP contribution in [-0.2, 0) is 21.2 Å². The molecule has 2 N–H and O–H groups in total. The van der Waals surface area contributed by atoms with Gasteiger partial charge >= 0.3 is 5.97 Å². The number of sulfonamides is 1. The SMILES string of the molecule is CS(=O)(=O)N1CCCc2cc(C(=O)N[C@H](C(=O)O)c3ccccc3)ccc21. The minimum atomic E-state index is -3.38. The molecule has 3 rings (SSSR count). The van der Waals surface area contributed by atoms with Crippen molar-refractivity contribution in [1.82, 2.24) is 5.32 Å². The van der Waals surface area contributed by atoms with Crippen LogP contribution in [0, 0.1) is 0 Å². The normalized spacial score (nSPS) is 14.9. The highest BCUT2D eigenvalue weighted by Gasteiger charge is 2.26. The number of nitrogens with one attached hydrogen (secondary N) is 1. The van der Waals surface area contributed by atoms with Crippen molar-refractivity contribution in [1.29, 1.82) is 0 Å². The third kappa shape index (κ3) is 4.11. The fraction of sp³-hybridized carbons (Fsp3) is 0.263. The third-order valence-electron chi connectivity index (χ3n) is 4.47. The van der Waals surface area contributed by atoms with Gasteiger partial charge in [0, 0.05) is 12.1 Å². The molecule has 0 saturated heterocycles. The number of hydrogen-bond donors (Lipinski definition) is 2. The van der Waals surface area contributed by atoms with E-state index in [-0.39, 0.29) is 0 Å². The Morgan fingerprint density at radius 3 is 2.48 bits per heavy atom. The summed E-state index contributed by atoms with van der Waals surface area (Å²) in [4.78, 5) is 24.2. The molecule has 8 heteroatoms. The maximum Gasteiger partial charge on any atom is 0.330 e. The first-order chi connectivity index (χ1) is 12.8. The number of carboxylic acids is 1. The zero-order valence-corrected chi connectivity index (χ0v) is 15.6. The number of rotatable bonds is 5. The van der Waals surface area contributed by atoms with Crippen molar-refractivity contribution in [3.63, 3.8) is 0 Å². The molecular formula is C19H20N2O5S. The second-order valence-electron chi connectivity index (χ2n) is 6.44. The van der Waals surface area contributed by atoms with Gasteiger partial charge in [-0.3, -0.25) is 9.10 Å². The molecule has 1 aliphatic rings. The van der Waals surface area contributed by atoms with E-state index in [1.807, 2.05) is 0 Å². The Kier molecular flexibility index (Phi) is 5.18. The predicted octanol–water partition coefficient (Wildman–Crippen LogP) is 1.95. The molecule has 0 aromatic heterocycles. The number of amides is 1. The van der Waals surface area contributed by atoms with Crippen LogP contribution in [0.1, 0.15) is 33.9 Å². The van der Waals surface area contributed by atoms with Crippen molar-refractivity contribution in [2.75, 3.05) is 17.1 Å². The second-order valence-corrected chi connectivity index (χ2v) is 8.34. The number of carbonyl (C=O) groups is 2. The van der Waals surface area contributed by atoms with Crippen LogP contribution in [0.3, 0.4) is 0 Å². The van der Waals surface area contributed by atoms with Crippen LogP contribution in [0.4, 0.5) is 5.69 Å². The maximum absolute atomic E-state index is 12.6. The van der Waals surface area contributed by atoms with Crippen LogP contribution in [0.15, 0.2) is 48.5 Å². The fourth-order valence-electron chi connectivity index (χ4n) is 3.20. The third-order valence-corrected chi connectivity index (χ3v) is 5.65. The summed E-state index contributed by atoms with van der Waals surface area (Å²) in [5, 5.41) is 12.0. The summed E-state index contributed by atoms with van der Waals surface area (Å²) in [5.41, 5.74) is 2.09. The van der Waals surface area contributed by atoms with Gasteiger partial charge in [0.2, 0.25) is 10.0 Å². The Balaban J connectivity index is 1.86. The average molecular weight is 388 g/mol. The minimum Gasteiger partial charge on any atom is -0.479 e. The molecule has 2 aromatic rings. The zero-order chi connectivity index (χ0) is 19.6. The Bertz CT molecular complexity index is 973. The van der Waals surface area contributed by atoms with Crippen LogP contribution >= 0.6 is 0 Å². The van der Waals surface area contributed by atoms with Crippen LogP contribution in [0.25, 0.3) is 0 Å². The lowest BCUT2D eigenvalue weighted by molar-refractivity contribution is -0.139. The van der Waals surface area contributed by atoms with E-state index in [2.05, 4.69) is 5.32 Å². The number of aliphatic carboxylic acids is 1. The number of hydrogen-bond acceptors (Lipinski definition) is 4. The van der Waals surface area contributed by atoms with E-state index >= 15 is 0 Å². The molecule has 1 atom stereocenters. The molecule has 2 aromatic carbocycles. The number of benzene rings is 2. The molecule has 0 fully saturated rings. The molecule has 0 bridgehead atoms. The zero-order valence-electron chi connectivity index (χ0n) is 14.8. The number of fused-ring (bicyclic) bond motifs is 1. The highest BCUT2D eigenvalue weighted by molar-refractivity contribution is 7.92. The Labute approximate surface area is 157 Å². The van der Waals surface area contributed by atoms with Gasteiger partial charge in [-0.05, 0) is 42.2 Å². The molecule has 7 nitrogen and oxygen atoms in total. The monoisotopic (exact) mass is 388 g/mol. The molecule has 1 amide bonds. The molecular weight excluding hydrogens is 368 g/mol. The van der Waals surface area contributed by atoms with E-state index < -0.39 is 27.9 Å². The van der Waals surface area contributed by atoms with Crippen molar-refractivity contribution in [3.8, 4) is 0 Å². The molecule has 142 valence electrons. The Hall–Kier alpha value is -2.87. The molecule has 0 spiro atoms. The first-order valence-electron chi connectivity index (χ1n) is 8.46. The summed E-state index contributed by atoms with van der Waals surface area (Å²) in [6.07, 6.45) is 2.47. The summed E-state index contributed by atoms with van der Waals surface area (Å²) in [6.45, 7) is 0.409. The van der Waals surface area contributed by atoms with Crippen LogP contribution in [0.2, 0.25) is 0 Å². The van der Waals surface area contributed by atoms with Gasteiger partial charge in [0.05, 0.1) is 11.9 Å². The van der Waals surface area contributed by atoms with E-state index in [4.69, 9.17) is 0 Å².